The van der Waals surface area contributed by atoms with Gasteiger partial charge in [0, 0.05) is 24.3 Å². The molecule has 0 bridgehead atoms. The van der Waals surface area contributed by atoms with Crippen molar-refractivity contribution in [2.45, 2.75) is 25.7 Å². The predicted octanol–water partition coefficient (Wildman–Crippen LogP) is 3.93. The van der Waals surface area contributed by atoms with Gasteiger partial charge >= 0.3 is 0 Å². The number of anilines is 1. The zero-order valence-electron chi connectivity index (χ0n) is 17.6. The fourth-order valence-electron chi connectivity index (χ4n) is 2.83. The Bertz CT molecular complexity index is 968. The summed E-state index contributed by atoms with van der Waals surface area (Å²) in [5.74, 6) is 0.520. The lowest BCUT2D eigenvalue weighted by Crippen LogP contribution is -2.31. The van der Waals surface area contributed by atoms with Crippen molar-refractivity contribution < 1.29 is 22.7 Å². The van der Waals surface area contributed by atoms with Crippen LogP contribution in [0, 0.1) is 0 Å². The molecule has 0 atom stereocenters. The van der Waals surface area contributed by atoms with Gasteiger partial charge in [0.05, 0.1) is 6.61 Å². The van der Waals surface area contributed by atoms with Gasteiger partial charge in [-0.05, 0) is 49.4 Å². The Morgan fingerprint density at radius 2 is 1.73 bits per heavy atom. The number of carbonyl (C=O) groups excluding carboxylic acids is 1. The zero-order chi connectivity index (χ0) is 22.1. The number of carbonyl (C=O) groups is 1. The molecule has 2 aromatic carbocycles. The quantitative estimate of drug-likeness (QED) is 0.544. The van der Waals surface area contributed by atoms with Gasteiger partial charge in [0.2, 0.25) is 10.0 Å². The third-order valence-corrected chi connectivity index (χ3v) is 6.38. The van der Waals surface area contributed by atoms with Crippen LogP contribution >= 0.6 is 0 Å². The third-order valence-electron chi connectivity index (χ3n) is 4.31. The summed E-state index contributed by atoms with van der Waals surface area (Å²) in [6.45, 7) is 10.3. The highest BCUT2D eigenvalue weighted by Gasteiger charge is 2.26. The van der Waals surface area contributed by atoms with Gasteiger partial charge in [-0.25, -0.2) is 8.42 Å². The molecule has 2 aromatic rings. The van der Waals surface area contributed by atoms with Crippen molar-refractivity contribution in [1.82, 2.24) is 4.31 Å². The summed E-state index contributed by atoms with van der Waals surface area (Å²) in [4.78, 5) is 12.6. The SMILES string of the molecule is C=CCOc1ccc(C(=O)Nc2ccc(OCC)c(S(=O)(=O)N(CC)CC)c2)cc1. The normalized spacial score (nSPS) is 11.2. The highest BCUT2D eigenvalue weighted by Crippen LogP contribution is 2.30. The lowest BCUT2D eigenvalue weighted by atomic mass is 10.2. The molecule has 0 fully saturated rings. The number of amides is 1. The summed E-state index contributed by atoms with van der Waals surface area (Å²) < 4.78 is 38.3. The van der Waals surface area contributed by atoms with Crippen LogP contribution in [0.15, 0.2) is 60.0 Å². The maximum absolute atomic E-state index is 13.0. The fraction of sp³-hybridized carbons (Fsp3) is 0.318. The molecule has 0 aromatic heterocycles. The van der Waals surface area contributed by atoms with E-state index < -0.39 is 10.0 Å². The Kier molecular flexibility index (Phi) is 8.44. The van der Waals surface area contributed by atoms with Crippen LogP contribution in [0.3, 0.4) is 0 Å². The average Bonchev–Trinajstić information content (AvgIpc) is 2.74. The Balaban J connectivity index is 2.30. The van der Waals surface area contributed by atoms with E-state index in [1.807, 2.05) is 0 Å². The van der Waals surface area contributed by atoms with Crippen LogP contribution in [0.25, 0.3) is 0 Å². The standard InChI is InChI=1S/C22H28N2O5S/c1-5-15-29-19-12-9-17(10-13-19)22(25)23-18-11-14-20(28-8-4)21(16-18)30(26,27)24(6-2)7-3/h5,9-14,16H,1,6-8,15H2,2-4H3,(H,23,25). The number of nitrogens with one attached hydrogen (secondary N) is 1. The molecule has 1 N–H and O–H groups in total. The number of ether oxygens (including phenoxy) is 2. The first kappa shape index (κ1) is 23.4. The highest BCUT2D eigenvalue weighted by atomic mass is 32.2. The molecule has 0 heterocycles. The average molecular weight is 433 g/mol. The Labute approximate surface area is 178 Å². The molecular weight excluding hydrogens is 404 g/mol. The molecule has 0 saturated heterocycles. The van der Waals surface area contributed by atoms with Crippen LogP contribution in [-0.4, -0.2) is 44.9 Å². The van der Waals surface area contributed by atoms with Gasteiger partial charge in [-0.15, -0.1) is 0 Å². The van der Waals surface area contributed by atoms with Gasteiger partial charge in [0.25, 0.3) is 5.91 Å². The summed E-state index contributed by atoms with van der Waals surface area (Å²) in [6, 6.07) is 11.2. The molecule has 0 radical (unpaired) electrons. The molecular formula is C22H28N2O5S. The number of benzene rings is 2. The smallest absolute Gasteiger partial charge is 0.255 e. The summed E-state index contributed by atoms with van der Waals surface area (Å²) in [6.07, 6.45) is 1.64. The van der Waals surface area contributed by atoms with Crippen LogP contribution in [-0.2, 0) is 10.0 Å². The number of hydrogen-bond acceptors (Lipinski definition) is 5. The maximum atomic E-state index is 13.0. The van der Waals surface area contributed by atoms with Crippen LogP contribution in [0.1, 0.15) is 31.1 Å². The molecule has 1 amide bonds. The summed E-state index contributed by atoms with van der Waals surface area (Å²) in [5.41, 5.74) is 0.782. The van der Waals surface area contributed by atoms with E-state index in [2.05, 4.69) is 11.9 Å². The van der Waals surface area contributed by atoms with Crippen LogP contribution in [0.2, 0.25) is 0 Å². The molecule has 8 heteroatoms. The summed E-state index contributed by atoms with van der Waals surface area (Å²) in [7, 11) is -3.76. The van der Waals surface area contributed by atoms with Crippen LogP contribution in [0.5, 0.6) is 11.5 Å². The van der Waals surface area contributed by atoms with Crippen molar-refractivity contribution in [3.8, 4) is 11.5 Å². The second kappa shape index (κ2) is 10.8. The predicted molar refractivity (Wildman–Crippen MR) is 118 cm³/mol. The molecule has 0 spiro atoms. The van der Waals surface area contributed by atoms with Gasteiger partial charge in [-0.2, -0.15) is 4.31 Å². The van der Waals surface area contributed by atoms with Crippen molar-refractivity contribution >= 4 is 21.6 Å². The fourth-order valence-corrected chi connectivity index (χ4v) is 4.44. The summed E-state index contributed by atoms with van der Waals surface area (Å²) >= 11 is 0. The van der Waals surface area contributed by atoms with E-state index in [-0.39, 0.29) is 16.6 Å². The molecule has 0 aliphatic rings. The molecule has 2 rings (SSSR count). The maximum Gasteiger partial charge on any atom is 0.255 e. The van der Waals surface area contributed by atoms with E-state index in [1.54, 1.807) is 63.2 Å². The number of sulfonamides is 1. The van der Waals surface area contributed by atoms with Crippen molar-refractivity contribution in [2.75, 3.05) is 31.6 Å². The number of rotatable bonds is 11. The first-order valence-electron chi connectivity index (χ1n) is 9.79. The second-order valence-electron chi connectivity index (χ2n) is 6.26. The lowest BCUT2D eigenvalue weighted by Gasteiger charge is -2.21. The number of hydrogen-bond donors (Lipinski definition) is 1. The van der Waals surface area contributed by atoms with Gasteiger partial charge in [-0.3, -0.25) is 4.79 Å². The van der Waals surface area contributed by atoms with Gasteiger partial charge < -0.3 is 14.8 Å². The van der Waals surface area contributed by atoms with Gasteiger partial charge in [-0.1, -0.05) is 26.5 Å². The molecule has 7 nitrogen and oxygen atoms in total. The first-order chi connectivity index (χ1) is 14.4. The molecule has 0 saturated carbocycles. The molecule has 0 aliphatic carbocycles. The molecule has 30 heavy (non-hydrogen) atoms. The van der Waals surface area contributed by atoms with E-state index in [0.717, 1.165) is 0 Å². The zero-order valence-corrected chi connectivity index (χ0v) is 18.4. The molecule has 162 valence electrons. The first-order valence-corrected chi connectivity index (χ1v) is 11.2. The topological polar surface area (TPSA) is 84.9 Å². The van der Waals surface area contributed by atoms with Crippen LogP contribution in [0.4, 0.5) is 5.69 Å². The monoisotopic (exact) mass is 432 g/mol. The number of nitrogens with zero attached hydrogens (tertiary/aromatic N) is 1. The minimum absolute atomic E-state index is 0.0269. The van der Waals surface area contributed by atoms with Gasteiger partial charge in [0.15, 0.2) is 0 Å². The van der Waals surface area contributed by atoms with E-state index in [9.17, 15) is 13.2 Å². The van der Waals surface area contributed by atoms with E-state index in [1.165, 1.54) is 10.4 Å². The second-order valence-corrected chi connectivity index (χ2v) is 8.17. The van der Waals surface area contributed by atoms with E-state index in [4.69, 9.17) is 9.47 Å². The van der Waals surface area contributed by atoms with E-state index >= 15 is 0 Å². The lowest BCUT2D eigenvalue weighted by molar-refractivity contribution is 0.102. The summed E-state index contributed by atoms with van der Waals surface area (Å²) in [5, 5.41) is 2.74. The van der Waals surface area contributed by atoms with Gasteiger partial charge in [0.1, 0.15) is 23.0 Å². The Hall–Kier alpha value is -2.84. The van der Waals surface area contributed by atoms with Crippen molar-refractivity contribution in [1.29, 1.82) is 0 Å². The molecule has 0 unspecified atom stereocenters. The van der Waals surface area contributed by atoms with Crippen molar-refractivity contribution in [3.05, 3.63) is 60.7 Å². The van der Waals surface area contributed by atoms with Crippen molar-refractivity contribution in [3.63, 3.8) is 0 Å². The highest BCUT2D eigenvalue weighted by molar-refractivity contribution is 7.89. The molecule has 0 aliphatic heterocycles. The third kappa shape index (κ3) is 5.61. The van der Waals surface area contributed by atoms with Crippen molar-refractivity contribution in [2.24, 2.45) is 0 Å². The largest absolute Gasteiger partial charge is 0.492 e. The van der Waals surface area contributed by atoms with Crippen LogP contribution < -0.4 is 14.8 Å². The van der Waals surface area contributed by atoms with E-state index in [0.29, 0.717) is 43.3 Å². The minimum Gasteiger partial charge on any atom is -0.492 e. The Morgan fingerprint density at radius 3 is 2.30 bits per heavy atom. The Morgan fingerprint density at radius 1 is 1.07 bits per heavy atom. The minimum atomic E-state index is -3.76.